The van der Waals surface area contributed by atoms with Crippen LogP contribution in [0, 0.1) is 0 Å². The molecule has 0 aliphatic carbocycles. The minimum absolute atomic E-state index is 0.101. The Morgan fingerprint density at radius 2 is 1.88 bits per heavy atom. The maximum atomic E-state index is 13.5. The van der Waals surface area contributed by atoms with Gasteiger partial charge in [0.2, 0.25) is 12.0 Å². The molecule has 86 valence electrons. The van der Waals surface area contributed by atoms with Gasteiger partial charge in [0.05, 0.1) is 0 Å². The van der Waals surface area contributed by atoms with Crippen LogP contribution in [0.2, 0.25) is 0 Å². The Balaban J connectivity index is 2.78. The molecule has 0 aliphatic rings. The SMILES string of the molecule is CCCC(=O)C(F)C(=O)c1ccc(Br)cc1. The molecule has 0 bridgehead atoms. The van der Waals surface area contributed by atoms with E-state index in [1.165, 1.54) is 12.1 Å². The van der Waals surface area contributed by atoms with Crippen LogP contribution in [0.25, 0.3) is 0 Å². The molecule has 1 atom stereocenters. The molecule has 0 heterocycles. The molecule has 1 aromatic rings. The Labute approximate surface area is 102 Å². The van der Waals surface area contributed by atoms with Crippen molar-refractivity contribution < 1.29 is 14.0 Å². The first-order valence-corrected chi connectivity index (χ1v) is 5.82. The summed E-state index contributed by atoms with van der Waals surface area (Å²) in [7, 11) is 0. The number of hydrogen-bond donors (Lipinski definition) is 0. The van der Waals surface area contributed by atoms with Gasteiger partial charge in [-0.25, -0.2) is 4.39 Å². The zero-order valence-electron chi connectivity index (χ0n) is 8.87. The van der Waals surface area contributed by atoms with Gasteiger partial charge in [-0.2, -0.15) is 0 Å². The molecule has 1 rings (SSSR count). The van der Waals surface area contributed by atoms with Gasteiger partial charge in [0.25, 0.3) is 0 Å². The summed E-state index contributed by atoms with van der Waals surface area (Å²) in [6.07, 6.45) is -1.38. The summed E-state index contributed by atoms with van der Waals surface area (Å²) in [5.41, 5.74) is 0.222. The molecule has 4 heteroatoms. The number of alkyl halides is 1. The van der Waals surface area contributed by atoms with Gasteiger partial charge in [0, 0.05) is 16.5 Å². The maximum Gasteiger partial charge on any atom is 0.220 e. The van der Waals surface area contributed by atoms with Crippen LogP contribution in [0.15, 0.2) is 28.7 Å². The highest BCUT2D eigenvalue weighted by Gasteiger charge is 2.25. The quantitative estimate of drug-likeness (QED) is 0.615. The third-order valence-corrected chi connectivity index (χ3v) is 2.67. The Morgan fingerprint density at radius 3 is 2.38 bits per heavy atom. The van der Waals surface area contributed by atoms with Crippen molar-refractivity contribution in [2.24, 2.45) is 0 Å². The van der Waals surface area contributed by atoms with Crippen LogP contribution >= 0.6 is 15.9 Å². The number of carbonyl (C=O) groups excluding carboxylic acids is 2. The van der Waals surface area contributed by atoms with Gasteiger partial charge in [-0.1, -0.05) is 35.0 Å². The molecule has 0 amide bonds. The fraction of sp³-hybridized carbons (Fsp3) is 0.333. The topological polar surface area (TPSA) is 34.1 Å². The minimum Gasteiger partial charge on any atom is -0.296 e. The van der Waals surface area contributed by atoms with E-state index < -0.39 is 17.7 Å². The van der Waals surface area contributed by atoms with E-state index in [1.54, 1.807) is 19.1 Å². The molecule has 2 nitrogen and oxygen atoms in total. The fourth-order valence-corrected chi connectivity index (χ4v) is 1.54. The first-order chi connectivity index (χ1) is 7.56. The number of benzene rings is 1. The van der Waals surface area contributed by atoms with E-state index in [1.807, 2.05) is 0 Å². The summed E-state index contributed by atoms with van der Waals surface area (Å²) in [5.74, 6) is -1.40. The molecule has 0 saturated carbocycles. The lowest BCUT2D eigenvalue weighted by atomic mass is 10.0. The van der Waals surface area contributed by atoms with E-state index in [4.69, 9.17) is 0 Å². The van der Waals surface area contributed by atoms with E-state index in [2.05, 4.69) is 15.9 Å². The molecule has 0 radical (unpaired) electrons. The van der Waals surface area contributed by atoms with Gasteiger partial charge < -0.3 is 0 Å². The van der Waals surface area contributed by atoms with Gasteiger partial charge in [0.1, 0.15) is 0 Å². The molecule has 0 saturated heterocycles. The summed E-state index contributed by atoms with van der Waals surface area (Å²) in [6, 6.07) is 6.28. The first kappa shape index (κ1) is 13.0. The molecule has 0 aliphatic heterocycles. The number of hydrogen-bond acceptors (Lipinski definition) is 2. The summed E-state index contributed by atoms with van der Waals surface area (Å²) >= 11 is 3.21. The second kappa shape index (κ2) is 5.89. The van der Waals surface area contributed by atoms with Crippen LogP contribution in [-0.4, -0.2) is 17.7 Å². The number of carbonyl (C=O) groups is 2. The highest BCUT2D eigenvalue weighted by atomic mass is 79.9. The lowest BCUT2D eigenvalue weighted by molar-refractivity contribution is -0.122. The fourth-order valence-electron chi connectivity index (χ4n) is 1.28. The van der Waals surface area contributed by atoms with E-state index in [-0.39, 0.29) is 12.0 Å². The standard InChI is InChI=1S/C12H12BrFO2/c1-2-3-10(15)11(14)12(16)8-4-6-9(13)7-5-8/h4-7,11H,2-3H2,1H3. The van der Waals surface area contributed by atoms with Gasteiger partial charge in [-0.05, 0) is 18.6 Å². The van der Waals surface area contributed by atoms with Crippen LogP contribution in [0.3, 0.4) is 0 Å². The lowest BCUT2D eigenvalue weighted by Crippen LogP contribution is -2.25. The van der Waals surface area contributed by atoms with Crippen molar-refractivity contribution in [2.45, 2.75) is 25.9 Å². The van der Waals surface area contributed by atoms with Crippen molar-refractivity contribution in [3.63, 3.8) is 0 Å². The monoisotopic (exact) mass is 286 g/mol. The molecule has 1 unspecified atom stereocenters. The second-order valence-corrected chi connectivity index (χ2v) is 4.37. The average Bonchev–Trinajstić information content (AvgIpc) is 2.28. The average molecular weight is 287 g/mol. The van der Waals surface area contributed by atoms with Crippen molar-refractivity contribution in [3.8, 4) is 0 Å². The van der Waals surface area contributed by atoms with Crippen LogP contribution < -0.4 is 0 Å². The summed E-state index contributed by atoms with van der Waals surface area (Å²) < 4.78 is 14.3. The predicted molar refractivity (Wildman–Crippen MR) is 63.3 cm³/mol. The van der Waals surface area contributed by atoms with E-state index in [9.17, 15) is 14.0 Å². The Kier molecular flexibility index (Phi) is 4.80. The summed E-state index contributed by atoms with van der Waals surface area (Å²) in [5, 5.41) is 0. The molecular formula is C12H12BrFO2. The van der Waals surface area contributed by atoms with Crippen molar-refractivity contribution in [1.29, 1.82) is 0 Å². The van der Waals surface area contributed by atoms with Gasteiger partial charge >= 0.3 is 0 Å². The van der Waals surface area contributed by atoms with E-state index >= 15 is 0 Å². The molecule has 16 heavy (non-hydrogen) atoms. The Bertz CT molecular complexity index is 387. The van der Waals surface area contributed by atoms with Crippen LogP contribution in [0.1, 0.15) is 30.1 Å². The molecule has 0 N–H and O–H groups in total. The van der Waals surface area contributed by atoms with Gasteiger partial charge in [-0.15, -0.1) is 0 Å². The highest BCUT2D eigenvalue weighted by Crippen LogP contribution is 2.14. The lowest BCUT2D eigenvalue weighted by Gasteiger charge is -2.05. The highest BCUT2D eigenvalue weighted by molar-refractivity contribution is 9.10. The molecular weight excluding hydrogens is 275 g/mol. The molecule has 0 aromatic heterocycles. The third-order valence-electron chi connectivity index (χ3n) is 2.14. The van der Waals surface area contributed by atoms with Crippen molar-refractivity contribution in [2.75, 3.05) is 0 Å². The molecule has 0 fully saturated rings. The van der Waals surface area contributed by atoms with Crippen molar-refractivity contribution in [3.05, 3.63) is 34.3 Å². The van der Waals surface area contributed by atoms with E-state index in [0.717, 1.165) is 4.47 Å². The van der Waals surface area contributed by atoms with Crippen LogP contribution in [-0.2, 0) is 4.79 Å². The summed E-state index contributed by atoms with van der Waals surface area (Å²) in [6.45, 7) is 1.77. The Hall–Kier alpha value is -1.03. The minimum atomic E-state index is -2.03. The maximum absolute atomic E-state index is 13.5. The van der Waals surface area contributed by atoms with E-state index in [0.29, 0.717) is 6.42 Å². The zero-order valence-corrected chi connectivity index (χ0v) is 10.5. The van der Waals surface area contributed by atoms with Crippen LogP contribution in [0.4, 0.5) is 4.39 Å². The number of ketones is 2. The number of halogens is 2. The van der Waals surface area contributed by atoms with Crippen LogP contribution in [0.5, 0.6) is 0 Å². The third kappa shape index (κ3) is 3.23. The smallest absolute Gasteiger partial charge is 0.220 e. The summed E-state index contributed by atoms with van der Waals surface area (Å²) in [4.78, 5) is 22.8. The first-order valence-electron chi connectivity index (χ1n) is 5.02. The van der Waals surface area contributed by atoms with Crippen molar-refractivity contribution in [1.82, 2.24) is 0 Å². The zero-order chi connectivity index (χ0) is 12.1. The normalized spacial score (nSPS) is 12.2. The number of rotatable bonds is 5. The number of Topliss-reactive ketones (excluding diaryl/α,β-unsaturated/α-hetero) is 2. The van der Waals surface area contributed by atoms with Crippen molar-refractivity contribution >= 4 is 27.5 Å². The largest absolute Gasteiger partial charge is 0.296 e. The molecule has 0 spiro atoms. The van der Waals surface area contributed by atoms with Gasteiger partial charge in [0.15, 0.2) is 5.78 Å². The predicted octanol–water partition coefficient (Wildman–Crippen LogP) is 3.34. The molecule has 1 aromatic carbocycles. The second-order valence-electron chi connectivity index (χ2n) is 3.45. The van der Waals surface area contributed by atoms with Gasteiger partial charge in [-0.3, -0.25) is 9.59 Å². The Morgan fingerprint density at radius 1 is 1.31 bits per heavy atom.